The predicted molar refractivity (Wildman–Crippen MR) is 102 cm³/mol. The average molecular weight is 396 g/mol. The highest BCUT2D eigenvalue weighted by molar-refractivity contribution is 5.94. The smallest absolute Gasteiger partial charge is 0.253 e. The van der Waals surface area contributed by atoms with Gasteiger partial charge in [-0.05, 0) is 42.3 Å². The van der Waals surface area contributed by atoms with E-state index in [0.717, 1.165) is 23.3 Å². The standard InChI is InChI=1S/C21H18F2N4O2/c1-13(27-21(29)17-7-9-19(23)25-12-17)15-4-2-14(3-5-15)10-26-20(28)16-6-8-18(22)24-11-16/h2-9,11-13H,10H2,1H3,(H,26,28)(H,27,29). The Kier molecular flexibility index (Phi) is 6.23. The Balaban J connectivity index is 1.55. The molecule has 29 heavy (non-hydrogen) atoms. The van der Waals surface area contributed by atoms with Crippen LogP contribution in [0.4, 0.5) is 8.78 Å². The molecule has 1 atom stereocenters. The maximum atomic E-state index is 12.9. The van der Waals surface area contributed by atoms with Crippen molar-refractivity contribution in [1.29, 1.82) is 0 Å². The summed E-state index contributed by atoms with van der Waals surface area (Å²) in [6.07, 6.45) is 2.36. The maximum absolute atomic E-state index is 12.9. The van der Waals surface area contributed by atoms with Crippen LogP contribution in [0.2, 0.25) is 0 Å². The number of halogens is 2. The van der Waals surface area contributed by atoms with E-state index in [1.807, 2.05) is 31.2 Å². The van der Waals surface area contributed by atoms with Gasteiger partial charge in [0.25, 0.3) is 11.8 Å². The zero-order chi connectivity index (χ0) is 20.8. The molecule has 8 heteroatoms. The first-order valence-electron chi connectivity index (χ1n) is 8.83. The number of amides is 2. The van der Waals surface area contributed by atoms with Crippen LogP contribution in [0.3, 0.4) is 0 Å². The van der Waals surface area contributed by atoms with Crippen LogP contribution < -0.4 is 10.6 Å². The first kappa shape index (κ1) is 20.1. The van der Waals surface area contributed by atoms with Gasteiger partial charge in [0, 0.05) is 18.9 Å². The molecular formula is C21H18F2N4O2. The molecule has 148 valence electrons. The molecule has 0 saturated heterocycles. The Labute approximate surface area is 166 Å². The summed E-state index contributed by atoms with van der Waals surface area (Å²) in [5.74, 6) is -1.99. The van der Waals surface area contributed by atoms with Crippen LogP contribution in [0.5, 0.6) is 0 Å². The van der Waals surface area contributed by atoms with Gasteiger partial charge in [0.05, 0.1) is 17.2 Å². The molecule has 0 aliphatic rings. The molecule has 2 amide bonds. The van der Waals surface area contributed by atoms with E-state index in [2.05, 4.69) is 20.6 Å². The third-order valence-electron chi connectivity index (χ3n) is 4.26. The van der Waals surface area contributed by atoms with Crippen LogP contribution >= 0.6 is 0 Å². The molecule has 6 nitrogen and oxygen atoms in total. The molecule has 0 aliphatic heterocycles. The van der Waals surface area contributed by atoms with E-state index in [9.17, 15) is 18.4 Å². The zero-order valence-corrected chi connectivity index (χ0v) is 15.5. The molecule has 0 fully saturated rings. The monoisotopic (exact) mass is 396 g/mol. The summed E-state index contributed by atoms with van der Waals surface area (Å²) in [6.45, 7) is 2.12. The zero-order valence-electron chi connectivity index (χ0n) is 15.5. The molecule has 3 rings (SSSR count). The van der Waals surface area contributed by atoms with Crippen molar-refractivity contribution in [1.82, 2.24) is 20.6 Å². The Hall–Kier alpha value is -3.68. The first-order valence-corrected chi connectivity index (χ1v) is 8.83. The van der Waals surface area contributed by atoms with Crippen molar-refractivity contribution < 1.29 is 18.4 Å². The van der Waals surface area contributed by atoms with Crippen LogP contribution in [0.15, 0.2) is 60.9 Å². The number of pyridine rings is 2. The minimum atomic E-state index is -0.645. The second kappa shape index (κ2) is 9.01. The fraction of sp³-hybridized carbons (Fsp3) is 0.143. The summed E-state index contributed by atoms with van der Waals surface area (Å²) in [5.41, 5.74) is 2.27. The van der Waals surface area contributed by atoms with Crippen LogP contribution in [-0.4, -0.2) is 21.8 Å². The number of hydrogen-bond donors (Lipinski definition) is 2. The molecule has 1 aromatic carbocycles. The van der Waals surface area contributed by atoms with Gasteiger partial charge >= 0.3 is 0 Å². The van der Waals surface area contributed by atoms with E-state index in [1.165, 1.54) is 24.5 Å². The second-order valence-electron chi connectivity index (χ2n) is 6.36. The number of aromatic nitrogens is 2. The van der Waals surface area contributed by atoms with Crippen molar-refractivity contribution >= 4 is 11.8 Å². The molecule has 0 saturated carbocycles. The molecule has 0 aliphatic carbocycles. The van der Waals surface area contributed by atoms with Crippen molar-refractivity contribution in [2.24, 2.45) is 0 Å². The number of hydrogen-bond acceptors (Lipinski definition) is 4. The number of carbonyl (C=O) groups excluding carboxylic acids is 2. The van der Waals surface area contributed by atoms with Crippen LogP contribution in [0.25, 0.3) is 0 Å². The summed E-state index contributed by atoms with van der Waals surface area (Å²) in [6, 6.07) is 12.1. The minimum absolute atomic E-state index is 0.271. The summed E-state index contributed by atoms with van der Waals surface area (Å²) < 4.78 is 25.7. The third-order valence-corrected chi connectivity index (χ3v) is 4.26. The molecule has 2 heterocycles. The third kappa shape index (κ3) is 5.41. The van der Waals surface area contributed by atoms with E-state index in [-0.39, 0.29) is 29.0 Å². The molecule has 0 bridgehead atoms. The molecular weight excluding hydrogens is 378 g/mol. The van der Waals surface area contributed by atoms with Crippen molar-refractivity contribution in [2.45, 2.75) is 19.5 Å². The highest BCUT2D eigenvalue weighted by Crippen LogP contribution is 2.14. The van der Waals surface area contributed by atoms with E-state index in [4.69, 9.17) is 0 Å². The van der Waals surface area contributed by atoms with E-state index >= 15 is 0 Å². The van der Waals surface area contributed by atoms with Gasteiger partial charge < -0.3 is 10.6 Å². The Morgan fingerprint density at radius 3 is 1.93 bits per heavy atom. The fourth-order valence-corrected chi connectivity index (χ4v) is 2.59. The predicted octanol–water partition coefficient (Wildman–Crippen LogP) is 3.18. The average Bonchev–Trinajstić information content (AvgIpc) is 2.73. The van der Waals surface area contributed by atoms with Gasteiger partial charge in [-0.3, -0.25) is 9.59 Å². The molecule has 2 aromatic heterocycles. The number of carbonyl (C=O) groups is 2. The van der Waals surface area contributed by atoms with Gasteiger partial charge in [0.15, 0.2) is 0 Å². The molecule has 0 spiro atoms. The van der Waals surface area contributed by atoms with Gasteiger partial charge in [-0.15, -0.1) is 0 Å². The Bertz CT molecular complexity index is 991. The summed E-state index contributed by atoms with van der Waals surface area (Å²) in [7, 11) is 0. The number of nitrogens with zero attached hydrogens (tertiary/aromatic N) is 2. The van der Waals surface area contributed by atoms with Crippen LogP contribution in [0.1, 0.15) is 44.8 Å². The molecule has 2 N–H and O–H groups in total. The van der Waals surface area contributed by atoms with E-state index in [1.54, 1.807) is 0 Å². The summed E-state index contributed by atoms with van der Waals surface area (Å²) >= 11 is 0. The van der Waals surface area contributed by atoms with Crippen molar-refractivity contribution in [3.8, 4) is 0 Å². The van der Waals surface area contributed by atoms with Gasteiger partial charge in [-0.25, -0.2) is 9.97 Å². The lowest BCUT2D eigenvalue weighted by Gasteiger charge is -2.15. The summed E-state index contributed by atoms with van der Waals surface area (Å²) in [5, 5.41) is 5.55. The van der Waals surface area contributed by atoms with Gasteiger partial charge in [0.1, 0.15) is 0 Å². The second-order valence-corrected chi connectivity index (χ2v) is 6.36. The first-order chi connectivity index (χ1) is 13.9. The molecule has 0 radical (unpaired) electrons. The van der Waals surface area contributed by atoms with Gasteiger partial charge in [-0.2, -0.15) is 8.78 Å². The number of benzene rings is 1. The molecule has 3 aromatic rings. The topological polar surface area (TPSA) is 84.0 Å². The highest BCUT2D eigenvalue weighted by atomic mass is 19.1. The SMILES string of the molecule is CC(NC(=O)c1ccc(F)nc1)c1ccc(CNC(=O)c2ccc(F)nc2)cc1. The van der Waals surface area contributed by atoms with E-state index in [0.29, 0.717) is 6.54 Å². The molecule has 1 unspecified atom stereocenters. The van der Waals surface area contributed by atoms with Crippen LogP contribution in [-0.2, 0) is 6.54 Å². The maximum Gasteiger partial charge on any atom is 0.253 e. The Morgan fingerprint density at radius 2 is 1.41 bits per heavy atom. The van der Waals surface area contributed by atoms with E-state index < -0.39 is 11.9 Å². The largest absolute Gasteiger partial charge is 0.348 e. The lowest BCUT2D eigenvalue weighted by atomic mass is 10.1. The normalized spacial score (nSPS) is 11.6. The van der Waals surface area contributed by atoms with Crippen LogP contribution in [0, 0.1) is 11.9 Å². The highest BCUT2D eigenvalue weighted by Gasteiger charge is 2.12. The number of nitrogens with one attached hydrogen (secondary N) is 2. The lowest BCUT2D eigenvalue weighted by molar-refractivity contribution is 0.0934. The van der Waals surface area contributed by atoms with Gasteiger partial charge in [-0.1, -0.05) is 24.3 Å². The lowest BCUT2D eigenvalue weighted by Crippen LogP contribution is -2.27. The number of rotatable bonds is 6. The fourth-order valence-electron chi connectivity index (χ4n) is 2.59. The van der Waals surface area contributed by atoms with Gasteiger partial charge in [0.2, 0.25) is 11.9 Å². The Morgan fingerprint density at radius 1 is 0.862 bits per heavy atom. The van der Waals surface area contributed by atoms with Crippen molar-refractivity contribution in [3.05, 3.63) is 95.1 Å². The van der Waals surface area contributed by atoms with Crippen molar-refractivity contribution in [2.75, 3.05) is 0 Å². The minimum Gasteiger partial charge on any atom is -0.348 e. The quantitative estimate of drug-likeness (QED) is 0.627. The summed E-state index contributed by atoms with van der Waals surface area (Å²) in [4.78, 5) is 31.1. The van der Waals surface area contributed by atoms with Crippen molar-refractivity contribution in [3.63, 3.8) is 0 Å².